The summed E-state index contributed by atoms with van der Waals surface area (Å²) in [7, 11) is 0. The molecule has 3 aromatic rings. The van der Waals surface area contributed by atoms with Crippen molar-refractivity contribution >= 4 is 39.5 Å². The molecule has 2 heterocycles. The van der Waals surface area contributed by atoms with Gasteiger partial charge in [0.05, 0.1) is 4.92 Å². The van der Waals surface area contributed by atoms with E-state index in [1.165, 1.54) is 17.7 Å². The van der Waals surface area contributed by atoms with Gasteiger partial charge in [-0.05, 0) is 18.1 Å². The molecule has 0 bridgehead atoms. The Kier molecular flexibility index (Phi) is 4.62. The molecule has 0 saturated heterocycles. The number of benzene rings is 1. The molecular weight excluding hydrogens is 328 g/mol. The monoisotopic (exact) mass is 342 g/mol. The van der Waals surface area contributed by atoms with Crippen molar-refractivity contribution in [3.05, 3.63) is 57.8 Å². The predicted octanol–water partition coefficient (Wildman–Crippen LogP) is 3.89. The van der Waals surface area contributed by atoms with E-state index < -0.39 is 4.92 Å². The third-order valence-corrected chi connectivity index (χ3v) is 4.00. The molecule has 0 saturated carbocycles. The molecule has 0 spiro atoms. The first kappa shape index (κ1) is 15.8. The summed E-state index contributed by atoms with van der Waals surface area (Å²) in [4.78, 5) is 23.1. The van der Waals surface area contributed by atoms with Gasteiger partial charge in [-0.3, -0.25) is 10.1 Å². The molecule has 0 aliphatic rings. The lowest BCUT2D eigenvalue weighted by Gasteiger charge is -2.11. The first-order valence-corrected chi connectivity index (χ1v) is 8.07. The zero-order valence-corrected chi connectivity index (χ0v) is 13.6. The maximum Gasteiger partial charge on any atom is 0.353 e. The molecule has 0 atom stereocenters. The van der Waals surface area contributed by atoms with Crippen LogP contribution in [0.4, 0.5) is 28.1 Å². The van der Waals surface area contributed by atoms with E-state index >= 15 is 0 Å². The fourth-order valence-electron chi connectivity index (χ4n) is 2.20. The lowest BCUT2D eigenvalue weighted by molar-refractivity contribution is -0.383. The topological polar surface area (TPSA) is 106 Å². The van der Waals surface area contributed by atoms with Crippen LogP contribution < -0.4 is 10.6 Å². The Morgan fingerprint density at radius 2 is 1.92 bits per heavy atom. The number of rotatable bonds is 6. The highest BCUT2D eigenvalue weighted by atomic mass is 32.1. The van der Waals surface area contributed by atoms with Crippen LogP contribution in [0.25, 0.3) is 0 Å². The summed E-state index contributed by atoms with van der Waals surface area (Å²) in [6.07, 6.45) is 3.68. The summed E-state index contributed by atoms with van der Waals surface area (Å²) in [5.74, 6) is 0.233. The average Bonchev–Trinajstić information content (AvgIpc) is 3.08. The number of hydrogen-bond acceptors (Lipinski definition) is 8. The van der Waals surface area contributed by atoms with Crippen LogP contribution in [0.2, 0.25) is 0 Å². The number of aryl methyl sites for hydroxylation is 1. The van der Waals surface area contributed by atoms with Gasteiger partial charge in [-0.15, -0.1) is 11.3 Å². The van der Waals surface area contributed by atoms with Crippen molar-refractivity contribution in [2.75, 3.05) is 10.6 Å². The molecule has 0 unspecified atom stereocenters. The second-order valence-electron chi connectivity index (χ2n) is 4.77. The van der Waals surface area contributed by atoms with Gasteiger partial charge in [-0.25, -0.2) is 15.0 Å². The normalized spacial score (nSPS) is 10.4. The van der Waals surface area contributed by atoms with Crippen LogP contribution in [0.15, 0.2) is 42.2 Å². The number of thiazole rings is 1. The van der Waals surface area contributed by atoms with Crippen molar-refractivity contribution in [2.45, 2.75) is 13.3 Å². The van der Waals surface area contributed by atoms with E-state index in [2.05, 4.69) is 25.6 Å². The van der Waals surface area contributed by atoms with Gasteiger partial charge >= 0.3 is 5.69 Å². The van der Waals surface area contributed by atoms with Crippen LogP contribution in [-0.4, -0.2) is 19.9 Å². The summed E-state index contributed by atoms with van der Waals surface area (Å²) in [6, 6.07) is 7.61. The fraction of sp³-hybridized carbons (Fsp3) is 0.133. The van der Waals surface area contributed by atoms with Crippen molar-refractivity contribution < 1.29 is 4.92 Å². The second-order valence-corrected chi connectivity index (χ2v) is 5.67. The Balaban J connectivity index is 2.00. The standard InChI is InChI=1S/C15H14N6O2S/c1-2-10-5-3-4-6-11(10)19-13-12(21(22)23)14(18-9-17-13)20-15-16-7-8-24-15/h3-9H,2H2,1H3,(H2,16,17,18,19,20). The van der Waals surface area contributed by atoms with Crippen LogP contribution in [0.3, 0.4) is 0 Å². The smallest absolute Gasteiger partial charge is 0.334 e. The minimum Gasteiger partial charge on any atom is -0.334 e. The highest BCUT2D eigenvalue weighted by Gasteiger charge is 2.24. The highest BCUT2D eigenvalue weighted by Crippen LogP contribution is 2.34. The first-order valence-electron chi connectivity index (χ1n) is 7.20. The fourth-order valence-corrected chi connectivity index (χ4v) is 2.73. The van der Waals surface area contributed by atoms with E-state index in [-0.39, 0.29) is 17.3 Å². The van der Waals surface area contributed by atoms with Crippen LogP contribution in [0.5, 0.6) is 0 Å². The minimum atomic E-state index is -0.507. The molecule has 0 radical (unpaired) electrons. The maximum absolute atomic E-state index is 11.5. The lowest BCUT2D eigenvalue weighted by Crippen LogP contribution is -2.06. The Labute approximate surface area is 141 Å². The highest BCUT2D eigenvalue weighted by molar-refractivity contribution is 7.13. The Hall–Kier alpha value is -3.07. The van der Waals surface area contributed by atoms with Gasteiger partial charge in [0.15, 0.2) is 5.13 Å². The largest absolute Gasteiger partial charge is 0.353 e. The number of aromatic nitrogens is 3. The van der Waals surface area contributed by atoms with Gasteiger partial charge < -0.3 is 10.6 Å². The van der Waals surface area contributed by atoms with Crippen molar-refractivity contribution in [3.63, 3.8) is 0 Å². The summed E-state index contributed by atoms with van der Waals surface area (Å²) in [5.41, 5.74) is 1.60. The summed E-state index contributed by atoms with van der Waals surface area (Å²) in [5, 5.41) is 19.7. The molecule has 9 heteroatoms. The predicted molar refractivity (Wildman–Crippen MR) is 93.2 cm³/mol. The molecular formula is C15H14N6O2S. The van der Waals surface area contributed by atoms with E-state index in [1.807, 2.05) is 31.2 Å². The number of anilines is 4. The van der Waals surface area contributed by atoms with Crippen molar-refractivity contribution in [2.24, 2.45) is 0 Å². The third-order valence-electron chi connectivity index (χ3n) is 3.31. The number of hydrogen-bond donors (Lipinski definition) is 2. The molecule has 0 amide bonds. The van der Waals surface area contributed by atoms with Gasteiger partial charge in [-0.2, -0.15) is 0 Å². The van der Waals surface area contributed by atoms with E-state index in [0.29, 0.717) is 5.13 Å². The van der Waals surface area contributed by atoms with Crippen LogP contribution in [0.1, 0.15) is 12.5 Å². The number of nitrogens with zero attached hydrogens (tertiary/aromatic N) is 4. The molecule has 3 rings (SSSR count). The van der Waals surface area contributed by atoms with Crippen molar-refractivity contribution in [1.29, 1.82) is 0 Å². The molecule has 8 nitrogen and oxygen atoms in total. The lowest BCUT2D eigenvalue weighted by atomic mass is 10.1. The zero-order chi connectivity index (χ0) is 16.9. The summed E-state index contributed by atoms with van der Waals surface area (Å²) >= 11 is 1.33. The number of para-hydroxylation sites is 1. The molecule has 1 aromatic carbocycles. The van der Waals surface area contributed by atoms with Gasteiger partial charge in [0.1, 0.15) is 6.33 Å². The van der Waals surface area contributed by atoms with E-state index in [1.54, 1.807) is 11.6 Å². The SMILES string of the molecule is CCc1ccccc1Nc1ncnc(Nc2nccs2)c1[N+](=O)[O-]. The van der Waals surface area contributed by atoms with Gasteiger partial charge in [0.2, 0.25) is 11.6 Å². The molecule has 2 aromatic heterocycles. The Morgan fingerprint density at radius 3 is 2.58 bits per heavy atom. The molecule has 122 valence electrons. The molecule has 2 N–H and O–H groups in total. The number of nitrogens with one attached hydrogen (secondary N) is 2. The molecule has 0 fully saturated rings. The third kappa shape index (κ3) is 3.30. The van der Waals surface area contributed by atoms with Crippen LogP contribution in [0, 0.1) is 10.1 Å². The Bertz CT molecular complexity index is 853. The van der Waals surface area contributed by atoms with Crippen LogP contribution in [-0.2, 0) is 6.42 Å². The van der Waals surface area contributed by atoms with Crippen LogP contribution >= 0.6 is 11.3 Å². The molecule has 0 aliphatic heterocycles. The molecule has 0 aliphatic carbocycles. The first-order chi connectivity index (χ1) is 11.7. The summed E-state index contributed by atoms with van der Waals surface area (Å²) in [6.45, 7) is 2.02. The minimum absolute atomic E-state index is 0.0985. The van der Waals surface area contributed by atoms with Crippen molar-refractivity contribution in [3.8, 4) is 0 Å². The van der Waals surface area contributed by atoms with E-state index in [4.69, 9.17) is 0 Å². The zero-order valence-electron chi connectivity index (χ0n) is 12.8. The Morgan fingerprint density at radius 1 is 1.17 bits per heavy atom. The second kappa shape index (κ2) is 7.01. The number of nitro groups is 1. The van der Waals surface area contributed by atoms with E-state index in [0.717, 1.165) is 17.7 Å². The van der Waals surface area contributed by atoms with E-state index in [9.17, 15) is 10.1 Å². The quantitative estimate of drug-likeness (QED) is 0.517. The van der Waals surface area contributed by atoms with Crippen molar-refractivity contribution in [1.82, 2.24) is 15.0 Å². The van der Waals surface area contributed by atoms with Gasteiger partial charge in [0, 0.05) is 17.3 Å². The maximum atomic E-state index is 11.5. The average molecular weight is 342 g/mol. The van der Waals surface area contributed by atoms with Gasteiger partial charge in [0.25, 0.3) is 0 Å². The molecule has 24 heavy (non-hydrogen) atoms. The van der Waals surface area contributed by atoms with Gasteiger partial charge in [-0.1, -0.05) is 25.1 Å². The summed E-state index contributed by atoms with van der Waals surface area (Å²) < 4.78 is 0.